The highest BCUT2D eigenvalue weighted by molar-refractivity contribution is 5.62. The molecule has 92 valence electrons. The van der Waals surface area contributed by atoms with E-state index in [2.05, 4.69) is 33.5 Å². The zero-order chi connectivity index (χ0) is 12.4. The maximum Gasteiger partial charge on any atom is 0.223 e. The summed E-state index contributed by atoms with van der Waals surface area (Å²) in [5, 5.41) is 3.15. The van der Waals surface area contributed by atoms with Gasteiger partial charge >= 0.3 is 0 Å². The van der Waals surface area contributed by atoms with Crippen LogP contribution in [0.3, 0.4) is 0 Å². The van der Waals surface area contributed by atoms with E-state index < -0.39 is 0 Å². The fraction of sp³-hybridized carbons (Fsp3) is 0.333. The largest absolute Gasteiger partial charge is 0.354 e. The van der Waals surface area contributed by atoms with Gasteiger partial charge < -0.3 is 5.32 Å². The first kappa shape index (κ1) is 11.2. The van der Waals surface area contributed by atoms with Crippen LogP contribution in [0.15, 0.2) is 30.5 Å². The van der Waals surface area contributed by atoms with Crippen LogP contribution >= 0.6 is 0 Å². The van der Waals surface area contributed by atoms with Crippen molar-refractivity contribution in [3.63, 3.8) is 0 Å². The Hall–Kier alpha value is -1.90. The average molecular weight is 239 g/mol. The predicted octanol–water partition coefficient (Wildman–Crippen LogP) is 3.06. The Morgan fingerprint density at radius 3 is 2.94 bits per heavy atom. The summed E-state index contributed by atoms with van der Waals surface area (Å²) < 4.78 is 0. The molecule has 2 aromatic rings. The van der Waals surface area contributed by atoms with Crippen molar-refractivity contribution in [1.82, 2.24) is 9.97 Å². The van der Waals surface area contributed by atoms with E-state index in [9.17, 15) is 0 Å². The second kappa shape index (κ2) is 4.77. The molecule has 1 aromatic carbocycles. The van der Waals surface area contributed by atoms with Crippen LogP contribution in [0, 0.1) is 0 Å². The van der Waals surface area contributed by atoms with Crippen molar-refractivity contribution in [3.05, 3.63) is 41.6 Å². The molecule has 0 unspecified atom stereocenters. The molecule has 0 atom stereocenters. The number of aryl methyl sites for hydroxylation is 2. The van der Waals surface area contributed by atoms with E-state index in [4.69, 9.17) is 0 Å². The lowest BCUT2D eigenvalue weighted by atomic mass is 10.0. The van der Waals surface area contributed by atoms with Crippen molar-refractivity contribution >= 4 is 5.95 Å². The highest BCUT2D eigenvalue weighted by atomic mass is 15.1. The average Bonchev–Trinajstić information content (AvgIpc) is 2.86. The van der Waals surface area contributed by atoms with Crippen molar-refractivity contribution in [2.24, 2.45) is 0 Å². The summed E-state index contributed by atoms with van der Waals surface area (Å²) >= 11 is 0. The monoisotopic (exact) mass is 239 g/mol. The van der Waals surface area contributed by atoms with Gasteiger partial charge in [-0.2, -0.15) is 0 Å². The Labute approximate surface area is 107 Å². The van der Waals surface area contributed by atoms with E-state index in [-0.39, 0.29) is 0 Å². The van der Waals surface area contributed by atoms with E-state index >= 15 is 0 Å². The Morgan fingerprint density at radius 1 is 1.17 bits per heavy atom. The minimum absolute atomic E-state index is 0.704. The molecule has 0 saturated heterocycles. The topological polar surface area (TPSA) is 37.8 Å². The number of aromatic nitrogens is 2. The van der Waals surface area contributed by atoms with Crippen LogP contribution in [0.2, 0.25) is 0 Å². The summed E-state index contributed by atoms with van der Waals surface area (Å²) in [6, 6.07) is 8.66. The molecular formula is C15H17N3. The van der Waals surface area contributed by atoms with Crippen molar-refractivity contribution < 1.29 is 0 Å². The van der Waals surface area contributed by atoms with E-state index in [1.807, 2.05) is 19.2 Å². The number of hydrogen-bond acceptors (Lipinski definition) is 3. The SMILES string of the molecule is CCNc1nccc(-c2ccc3c(c2)CCC3)n1. The summed E-state index contributed by atoms with van der Waals surface area (Å²) in [6.45, 7) is 2.89. The maximum atomic E-state index is 4.54. The molecule has 3 nitrogen and oxygen atoms in total. The first-order chi connectivity index (χ1) is 8.86. The lowest BCUT2D eigenvalue weighted by Crippen LogP contribution is -2.02. The number of rotatable bonds is 3. The smallest absolute Gasteiger partial charge is 0.223 e. The molecule has 0 spiro atoms. The van der Waals surface area contributed by atoms with E-state index in [1.165, 1.54) is 36.0 Å². The van der Waals surface area contributed by atoms with Gasteiger partial charge in [0.15, 0.2) is 0 Å². The Balaban J connectivity index is 1.96. The molecule has 3 heteroatoms. The van der Waals surface area contributed by atoms with Gasteiger partial charge in [0.05, 0.1) is 5.69 Å². The van der Waals surface area contributed by atoms with Gasteiger partial charge in [0.25, 0.3) is 0 Å². The van der Waals surface area contributed by atoms with Crippen LogP contribution in [0.25, 0.3) is 11.3 Å². The zero-order valence-electron chi connectivity index (χ0n) is 10.6. The quantitative estimate of drug-likeness (QED) is 0.894. The molecule has 18 heavy (non-hydrogen) atoms. The molecule has 1 aromatic heterocycles. The molecule has 0 fully saturated rings. The van der Waals surface area contributed by atoms with Gasteiger partial charge in [-0.05, 0) is 49.4 Å². The van der Waals surface area contributed by atoms with Gasteiger partial charge in [0.2, 0.25) is 5.95 Å². The highest BCUT2D eigenvalue weighted by Crippen LogP contribution is 2.27. The van der Waals surface area contributed by atoms with Crippen LogP contribution in [0.5, 0.6) is 0 Å². The summed E-state index contributed by atoms with van der Waals surface area (Å²) in [5.41, 5.74) is 5.17. The highest BCUT2D eigenvalue weighted by Gasteiger charge is 2.12. The zero-order valence-corrected chi connectivity index (χ0v) is 10.6. The Kier molecular flexibility index (Phi) is 2.97. The predicted molar refractivity (Wildman–Crippen MR) is 73.7 cm³/mol. The van der Waals surface area contributed by atoms with Crippen LogP contribution in [-0.4, -0.2) is 16.5 Å². The first-order valence-electron chi connectivity index (χ1n) is 6.56. The summed E-state index contributed by atoms with van der Waals surface area (Å²) in [5.74, 6) is 0.704. The number of hydrogen-bond donors (Lipinski definition) is 1. The molecule has 1 heterocycles. The second-order valence-electron chi connectivity index (χ2n) is 4.63. The van der Waals surface area contributed by atoms with Crippen LogP contribution in [0.1, 0.15) is 24.5 Å². The maximum absolute atomic E-state index is 4.54. The van der Waals surface area contributed by atoms with Gasteiger partial charge in [-0.15, -0.1) is 0 Å². The molecule has 1 N–H and O–H groups in total. The van der Waals surface area contributed by atoms with Gasteiger partial charge in [-0.1, -0.05) is 12.1 Å². The molecule has 0 radical (unpaired) electrons. The second-order valence-corrected chi connectivity index (χ2v) is 4.63. The van der Waals surface area contributed by atoms with Crippen molar-refractivity contribution in [1.29, 1.82) is 0 Å². The minimum atomic E-state index is 0.704. The Morgan fingerprint density at radius 2 is 2.06 bits per heavy atom. The molecule has 1 aliphatic rings. The number of nitrogens with zero attached hydrogens (tertiary/aromatic N) is 2. The van der Waals surface area contributed by atoms with Crippen LogP contribution < -0.4 is 5.32 Å². The Bertz CT molecular complexity index is 563. The van der Waals surface area contributed by atoms with Gasteiger partial charge in [0.1, 0.15) is 0 Å². The third kappa shape index (κ3) is 2.08. The summed E-state index contributed by atoms with van der Waals surface area (Å²) in [7, 11) is 0. The normalized spacial score (nSPS) is 13.4. The number of benzene rings is 1. The summed E-state index contributed by atoms with van der Waals surface area (Å²) in [4.78, 5) is 8.74. The molecule has 0 amide bonds. The fourth-order valence-corrected chi connectivity index (χ4v) is 2.49. The van der Waals surface area contributed by atoms with E-state index in [0.717, 1.165) is 12.2 Å². The lowest BCUT2D eigenvalue weighted by Gasteiger charge is -2.06. The van der Waals surface area contributed by atoms with Gasteiger partial charge in [0, 0.05) is 18.3 Å². The number of fused-ring (bicyclic) bond motifs is 1. The molecule has 0 bridgehead atoms. The number of nitrogens with one attached hydrogen (secondary N) is 1. The van der Waals surface area contributed by atoms with Crippen molar-refractivity contribution in [3.8, 4) is 11.3 Å². The lowest BCUT2D eigenvalue weighted by molar-refractivity contribution is 0.912. The standard InChI is InChI=1S/C15H17N3/c1-2-16-15-17-9-8-14(18-15)13-7-6-11-4-3-5-12(11)10-13/h6-10H,2-5H2,1H3,(H,16,17,18). The summed E-state index contributed by atoms with van der Waals surface area (Å²) in [6.07, 6.45) is 5.52. The molecule has 0 aliphatic heterocycles. The third-order valence-electron chi connectivity index (χ3n) is 3.38. The third-order valence-corrected chi connectivity index (χ3v) is 3.38. The van der Waals surface area contributed by atoms with E-state index in [1.54, 1.807) is 0 Å². The minimum Gasteiger partial charge on any atom is -0.354 e. The number of anilines is 1. The molecule has 3 rings (SSSR count). The van der Waals surface area contributed by atoms with Crippen LogP contribution in [-0.2, 0) is 12.8 Å². The molecular weight excluding hydrogens is 222 g/mol. The first-order valence-corrected chi connectivity index (χ1v) is 6.56. The van der Waals surface area contributed by atoms with Crippen molar-refractivity contribution in [2.75, 3.05) is 11.9 Å². The van der Waals surface area contributed by atoms with Crippen LogP contribution in [0.4, 0.5) is 5.95 Å². The van der Waals surface area contributed by atoms with Gasteiger partial charge in [-0.25, -0.2) is 9.97 Å². The fourth-order valence-electron chi connectivity index (χ4n) is 2.49. The van der Waals surface area contributed by atoms with Crippen molar-refractivity contribution in [2.45, 2.75) is 26.2 Å². The molecule has 0 saturated carbocycles. The molecule has 1 aliphatic carbocycles. The van der Waals surface area contributed by atoms with Gasteiger partial charge in [-0.3, -0.25) is 0 Å². The van der Waals surface area contributed by atoms with E-state index in [0.29, 0.717) is 5.95 Å².